The summed E-state index contributed by atoms with van der Waals surface area (Å²) in [6.45, 7) is 0. The van der Waals surface area contributed by atoms with Crippen molar-refractivity contribution < 1.29 is 14.4 Å². The third-order valence-electron chi connectivity index (χ3n) is 1.73. The lowest BCUT2D eigenvalue weighted by atomic mass is 10.3. The van der Waals surface area contributed by atoms with Crippen molar-refractivity contribution >= 4 is 27.7 Å². The molecule has 0 aliphatic heterocycles. The second kappa shape index (κ2) is 5.67. The van der Waals surface area contributed by atoms with E-state index in [1.54, 1.807) is 18.3 Å². The number of hydroxylamine groups is 1. The maximum atomic E-state index is 11.3. The van der Waals surface area contributed by atoms with Crippen LogP contribution in [0.2, 0.25) is 0 Å². The number of rotatable bonds is 3. The summed E-state index contributed by atoms with van der Waals surface area (Å²) in [5, 5.41) is 1.57. The molecule has 1 rings (SSSR count). The number of pyridine rings is 1. The Kier molecular flexibility index (Phi) is 4.51. The summed E-state index contributed by atoms with van der Waals surface area (Å²) in [5.41, 5.74) is 1.26. The predicted molar refractivity (Wildman–Crippen MR) is 58.8 cm³/mol. The zero-order valence-corrected chi connectivity index (χ0v) is 10.0. The number of nitrogens with zero attached hydrogens (tertiary/aromatic N) is 2. The minimum atomic E-state index is -0.590. The predicted octanol–water partition coefficient (Wildman–Crippen LogP) is 2.11. The Bertz CT molecular complexity index is 346. The monoisotopic (exact) mass is 274 g/mol. The van der Waals surface area contributed by atoms with Crippen molar-refractivity contribution in [2.75, 3.05) is 19.3 Å². The Morgan fingerprint density at radius 3 is 2.87 bits per heavy atom. The molecule has 0 saturated carbocycles. The summed E-state index contributed by atoms with van der Waals surface area (Å²) in [7, 11) is 2.68. The zero-order chi connectivity index (χ0) is 11.3. The van der Waals surface area contributed by atoms with Gasteiger partial charge in [0.1, 0.15) is 0 Å². The summed E-state index contributed by atoms with van der Waals surface area (Å²) in [5.74, 6) is 0. The number of halogens is 1. The van der Waals surface area contributed by atoms with Crippen LogP contribution in [0.5, 0.6) is 0 Å². The molecule has 0 radical (unpaired) electrons. The van der Waals surface area contributed by atoms with E-state index in [1.807, 2.05) is 0 Å². The number of carbonyl (C=O) groups is 1. The van der Waals surface area contributed by atoms with Crippen LogP contribution >= 0.6 is 15.9 Å². The maximum Gasteiger partial charge on any atom is 0.438 e. The van der Waals surface area contributed by atoms with Crippen LogP contribution in [0.25, 0.3) is 0 Å². The lowest BCUT2D eigenvalue weighted by molar-refractivity contribution is 0.115. The minimum absolute atomic E-state index is 0.528. The molecular weight excluding hydrogens is 264 g/mol. The first-order valence-corrected chi connectivity index (χ1v) is 5.28. The molecule has 6 heteroatoms. The third-order valence-corrected chi connectivity index (χ3v) is 2.27. The molecule has 0 aliphatic carbocycles. The van der Waals surface area contributed by atoms with Gasteiger partial charge in [0.15, 0.2) is 0 Å². The van der Waals surface area contributed by atoms with Crippen molar-refractivity contribution in [3.8, 4) is 0 Å². The smallest absolute Gasteiger partial charge is 0.438 e. The van der Waals surface area contributed by atoms with E-state index in [0.29, 0.717) is 16.7 Å². The minimum Gasteiger partial charge on any atom is -0.451 e. The average Bonchev–Trinajstić information content (AvgIpc) is 2.30. The molecule has 0 saturated heterocycles. The molecular formula is C9H11BrN2O3. The molecule has 1 amide bonds. The Morgan fingerprint density at radius 1 is 1.60 bits per heavy atom. The highest BCUT2D eigenvalue weighted by Gasteiger charge is 2.19. The molecule has 0 unspecified atom stereocenters. The van der Waals surface area contributed by atoms with Gasteiger partial charge in [-0.1, -0.05) is 15.9 Å². The Balaban J connectivity index is 3.05. The van der Waals surface area contributed by atoms with E-state index in [2.05, 4.69) is 25.7 Å². The van der Waals surface area contributed by atoms with Gasteiger partial charge < -0.3 is 4.74 Å². The molecule has 5 nitrogen and oxygen atoms in total. The van der Waals surface area contributed by atoms with Gasteiger partial charge in [0.05, 0.1) is 25.6 Å². The van der Waals surface area contributed by atoms with Crippen LogP contribution in [-0.2, 0) is 14.9 Å². The van der Waals surface area contributed by atoms with E-state index in [1.165, 1.54) is 14.2 Å². The first-order valence-electron chi connectivity index (χ1n) is 4.16. The maximum absolute atomic E-state index is 11.3. The van der Waals surface area contributed by atoms with Gasteiger partial charge in [0, 0.05) is 11.5 Å². The number of alkyl halides is 1. The van der Waals surface area contributed by atoms with E-state index in [-0.39, 0.29) is 0 Å². The molecule has 0 aliphatic rings. The fourth-order valence-corrected chi connectivity index (χ4v) is 1.50. The SMILES string of the molecule is COC(=O)N(OC)c1cccnc1CBr. The summed E-state index contributed by atoms with van der Waals surface area (Å²) < 4.78 is 4.58. The third kappa shape index (κ3) is 2.66. The summed E-state index contributed by atoms with van der Waals surface area (Å²) in [6.07, 6.45) is 1.05. The molecule has 15 heavy (non-hydrogen) atoms. The fourth-order valence-electron chi connectivity index (χ4n) is 1.07. The molecule has 0 fully saturated rings. The van der Waals surface area contributed by atoms with Gasteiger partial charge in [-0.05, 0) is 12.1 Å². The van der Waals surface area contributed by atoms with Crippen molar-refractivity contribution in [3.63, 3.8) is 0 Å². The summed E-state index contributed by atoms with van der Waals surface area (Å²) in [4.78, 5) is 20.4. The Hall–Kier alpha value is -1.14. The second-order valence-electron chi connectivity index (χ2n) is 2.55. The first kappa shape index (κ1) is 11.9. The normalized spacial score (nSPS) is 9.80. The lowest BCUT2D eigenvalue weighted by Gasteiger charge is -2.19. The van der Waals surface area contributed by atoms with Crippen molar-refractivity contribution in [1.82, 2.24) is 4.98 Å². The highest BCUT2D eigenvalue weighted by molar-refractivity contribution is 9.08. The van der Waals surface area contributed by atoms with E-state index < -0.39 is 6.09 Å². The number of carbonyl (C=O) groups excluding carboxylic acids is 1. The number of hydrogen-bond donors (Lipinski definition) is 0. The van der Waals surface area contributed by atoms with Gasteiger partial charge in [-0.3, -0.25) is 9.82 Å². The number of methoxy groups -OCH3 is 1. The zero-order valence-electron chi connectivity index (χ0n) is 8.44. The molecule has 0 atom stereocenters. The van der Waals surface area contributed by atoms with Crippen molar-refractivity contribution in [1.29, 1.82) is 0 Å². The number of aromatic nitrogens is 1. The fraction of sp³-hybridized carbons (Fsp3) is 0.333. The van der Waals surface area contributed by atoms with Gasteiger partial charge in [0.2, 0.25) is 0 Å². The van der Waals surface area contributed by atoms with E-state index in [4.69, 9.17) is 4.84 Å². The average molecular weight is 275 g/mol. The number of amides is 1. The summed E-state index contributed by atoms with van der Waals surface area (Å²) >= 11 is 3.28. The van der Waals surface area contributed by atoms with E-state index in [0.717, 1.165) is 5.06 Å². The Labute approximate surface area is 96.1 Å². The quantitative estimate of drug-likeness (QED) is 0.626. The molecule has 1 aromatic heterocycles. The topological polar surface area (TPSA) is 51.7 Å². The molecule has 0 spiro atoms. The molecule has 1 aromatic rings. The molecule has 0 N–H and O–H groups in total. The highest BCUT2D eigenvalue weighted by Crippen LogP contribution is 2.21. The number of anilines is 1. The molecule has 0 aromatic carbocycles. The van der Waals surface area contributed by atoms with Crippen LogP contribution < -0.4 is 5.06 Å². The first-order chi connectivity index (χ1) is 7.24. The molecule has 82 valence electrons. The summed E-state index contributed by atoms with van der Waals surface area (Å²) in [6, 6.07) is 3.44. The molecule has 0 bridgehead atoms. The Morgan fingerprint density at radius 2 is 2.33 bits per heavy atom. The van der Waals surface area contributed by atoms with Gasteiger partial charge in [-0.2, -0.15) is 5.06 Å². The molecule has 1 heterocycles. The van der Waals surface area contributed by atoms with E-state index >= 15 is 0 Å². The van der Waals surface area contributed by atoms with Crippen LogP contribution in [0, 0.1) is 0 Å². The van der Waals surface area contributed by atoms with Crippen LogP contribution in [0.15, 0.2) is 18.3 Å². The number of ether oxygens (including phenoxy) is 1. The lowest BCUT2D eigenvalue weighted by Crippen LogP contribution is -2.30. The van der Waals surface area contributed by atoms with E-state index in [9.17, 15) is 4.79 Å². The largest absolute Gasteiger partial charge is 0.451 e. The van der Waals surface area contributed by atoms with Crippen LogP contribution in [0.1, 0.15) is 5.69 Å². The highest BCUT2D eigenvalue weighted by atomic mass is 79.9. The van der Waals surface area contributed by atoms with Crippen LogP contribution in [0.4, 0.5) is 10.5 Å². The van der Waals surface area contributed by atoms with Gasteiger partial charge in [-0.15, -0.1) is 0 Å². The van der Waals surface area contributed by atoms with Crippen LogP contribution in [-0.4, -0.2) is 25.3 Å². The van der Waals surface area contributed by atoms with Gasteiger partial charge >= 0.3 is 6.09 Å². The van der Waals surface area contributed by atoms with Gasteiger partial charge in [0.25, 0.3) is 0 Å². The van der Waals surface area contributed by atoms with Crippen molar-refractivity contribution in [2.24, 2.45) is 0 Å². The van der Waals surface area contributed by atoms with Crippen molar-refractivity contribution in [3.05, 3.63) is 24.0 Å². The second-order valence-corrected chi connectivity index (χ2v) is 3.11. The standard InChI is InChI=1S/C9H11BrN2O3/c1-14-9(13)12(15-2)8-4-3-5-11-7(8)6-10/h3-5H,6H2,1-2H3. The van der Waals surface area contributed by atoms with Crippen LogP contribution in [0.3, 0.4) is 0 Å². The number of hydrogen-bond acceptors (Lipinski definition) is 4. The van der Waals surface area contributed by atoms with Gasteiger partial charge in [-0.25, -0.2) is 4.79 Å². The van der Waals surface area contributed by atoms with Crippen molar-refractivity contribution in [2.45, 2.75) is 5.33 Å².